The topological polar surface area (TPSA) is 66.8 Å². The van der Waals surface area contributed by atoms with Gasteiger partial charge in [-0.2, -0.15) is 0 Å². The number of aliphatic carboxylic acids is 1. The first-order valence-corrected chi connectivity index (χ1v) is 9.60. The van der Waals surface area contributed by atoms with Gasteiger partial charge in [-0.3, -0.25) is 4.79 Å². The number of carbonyl (C=O) groups is 2. The summed E-state index contributed by atoms with van der Waals surface area (Å²) >= 11 is 0. The van der Waals surface area contributed by atoms with Crippen LogP contribution in [0.1, 0.15) is 42.1 Å². The molecule has 28 heavy (non-hydrogen) atoms. The molecule has 2 aromatic carbocycles. The third-order valence-corrected chi connectivity index (χ3v) is 4.82. The zero-order valence-electron chi connectivity index (χ0n) is 16.0. The standard InChI is InChI=1S/C23H25NO4/c1-17(23(26)27)28-21-7-5-6-18(16-21)8-13-22(25)19-9-11-20(12-10-19)24-14-3-2-4-15-24/h5-13,16-17H,2-4,14-15H2,1H3,(H,26,27)/b13-8+. The minimum atomic E-state index is -1.02. The lowest BCUT2D eigenvalue weighted by Gasteiger charge is -2.28. The van der Waals surface area contributed by atoms with E-state index in [0.29, 0.717) is 11.3 Å². The first-order chi connectivity index (χ1) is 13.5. The lowest BCUT2D eigenvalue weighted by Crippen LogP contribution is -2.29. The fourth-order valence-electron chi connectivity index (χ4n) is 3.20. The van der Waals surface area contributed by atoms with Gasteiger partial charge in [0.25, 0.3) is 0 Å². The van der Waals surface area contributed by atoms with Crippen LogP contribution in [0.2, 0.25) is 0 Å². The number of benzene rings is 2. The van der Waals surface area contributed by atoms with Gasteiger partial charge in [-0.1, -0.05) is 18.2 Å². The van der Waals surface area contributed by atoms with Crippen LogP contribution in [0.25, 0.3) is 6.08 Å². The van der Waals surface area contributed by atoms with Gasteiger partial charge in [0, 0.05) is 24.3 Å². The van der Waals surface area contributed by atoms with E-state index >= 15 is 0 Å². The van der Waals surface area contributed by atoms with Gasteiger partial charge in [-0.15, -0.1) is 0 Å². The Bertz CT molecular complexity index is 851. The highest BCUT2D eigenvalue weighted by Gasteiger charge is 2.13. The van der Waals surface area contributed by atoms with E-state index in [9.17, 15) is 9.59 Å². The molecule has 5 nitrogen and oxygen atoms in total. The van der Waals surface area contributed by atoms with Crippen molar-refractivity contribution in [2.45, 2.75) is 32.3 Å². The van der Waals surface area contributed by atoms with Crippen LogP contribution in [0.4, 0.5) is 5.69 Å². The highest BCUT2D eigenvalue weighted by atomic mass is 16.5. The fourth-order valence-corrected chi connectivity index (χ4v) is 3.20. The fraction of sp³-hybridized carbons (Fsp3) is 0.304. The molecule has 146 valence electrons. The molecule has 1 saturated heterocycles. The van der Waals surface area contributed by atoms with Crippen molar-refractivity contribution in [3.8, 4) is 5.75 Å². The number of anilines is 1. The van der Waals surface area contributed by atoms with E-state index in [-0.39, 0.29) is 5.78 Å². The summed E-state index contributed by atoms with van der Waals surface area (Å²) in [7, 11) is 0. The molecule has 1 aliphatic rings. The van der Waals surface area contributed by atoms with Gasteiger partial charge in [0.1, 0.15) is 5.75 Å². The minimum absolute atomic E-state index is 0.0737. The number of hydrogen-bond acceptors (Lipinski definition) is 4. The zero-order valence-corrected chi connectivity index (χ0v) is 16.0. The SMILES string of the molecule is CC(Oc1cccc(/C=C/C(=O)c2ccc(N3CCCCC3)cc2)c1)C(=O)O. The van der Waals surface area contributed by atoms with Crippen molar-refractivity contribution in [1.29, 1.82) is 0 Å². The number of ether oxygens (including phenoxy) is 1. The van der Waals surface area contributed by atoms with Gasteiger partial charge in [-0.05, 0) is 74.2 Å². The summed E-state index contributed by atoms with van der Waals surface area (Å²) in [6.45, 7) is 3.63. The number of nitrogens with zero attached hydrogens (tertiary/aromatic N) is 1. The second-order valence-electron chi connectivity index (χ2n) is 6.96. The Hall–Kier alpha value is -3.08. The summed E-state index contributed by atoms with van der Waals surface area (Å²) in [4.78, 5) is 25.7. The molecule has 1 unspecified atom stereocenters. The van der Waals surface area contributed by atoms with E-state index in [4.69, 9.17) is 9.84 Å². The van der Waals surface area contributed by atoms with Gasteiger partial charge >= 0.3 is 5.97 Å². The minimum Gasteiger partial charge on any atom is -0.479 e. The average molecular weight is 379 g/mol. The summed E-state index contributed by atoms with van der Waals surface area (Å²) in [6, 6.07) is 14.8. The highest BCUT2D eigenvalue weighted by molar-refractivity contribution is 6.07. The van der Waals surface area contributed by atoms with Crippen LogP contribution in [0.3, 0.4) is 0 Å². The van der Waals surface area contributed by atoms with Gasteiger partial charge < -0.3 is 14.7 Å². The predicted molar refractivity (Wildman–Crippen MR) is 110 cm³/mol. The van der Waals surface area contributed by atoms with Crippen molar-refractivity contribution >= 4 is 23.5 Å². The summed E-state index contributed by atoms with van der Waals surface area (Å²) in [5.74, 6) is -0.644. The molecule has 0 aliphatic carbocycles. The third kappa shape index (κ3) is 5.22. The van der Waals surface area contributed by atoms with E-state index in [0.717, 1.165) is 24.3 Å². The van der Waals surface area contributed by atoms with Crippen LogP contribution >= 0.6 is 0 Å². The summed E-state index contributed by atoms with van der Waals surface area (Å²) in [6.07, 6.45) is 6.03. The molecule has 3 rings (SSSR count). The third-order valence-electron chi connectivity index (χ3n) is 4.82. The van der Waals surface area contributed by atoms with Crippen molar-refractivity contribution in [3.63, 3.8) is 0 Å². The van der Waals surface area contributed by atoms with Crippen LogP contribution in [-0.2, 0) is 4.79 Å². The van der Waals surface area contributed by atoms with E-state index in [1.807, 2.05) is 30.3 Å². The molecule has 0 spiro atoms. The molecule has 0 amide bonds. The second kappa shape index (κ2) is 9.22. The number of hydrogen-bond donors (Lipinski definition) is 1. The van der Waals surface area contributed by atoms with Gasteiger partial charge in [0.15, 0.2) is 11.9 Å². The molecular formula is C23H25NO4. The largest absolute Gasteiger partial charge is 0.479 e. The van der Waals surface area contributed by atoms with Crippen molar-refractivity contribution < 1.29 is 19.4 Å². The summed E-state index contributed by atoms with van der Waals surface area (Å²) in [5, 5.41) is 8.93. The molecular weight excluding hydrogens is 354 g/mol. The summed E-state index contributed by atoms with van der Waals surface area (Å²) < 4.78 is 5.36. The Kier molecular flexibility index (Phi) is 6.48. The van der Waals surface area contributed by atoms with Crippen LogP contribution in [0.15, 0.2) is 54.6 Å². The maximum absolute atomic E-state index is 12.4. The Balaban J connectivity index is 1.64. The molecule has 2 aromatic rings. The highest BCUT2D eigenvalue weighted by Crippen LogP contribution is 2.21. The van der Waals surface area contributed by atoms with E-state index in [1.165, 1.54) is 32.3 Å². The molecule has 0 bridgehead atoms. The van der Waals surface area contributed by atoms with E-state index < -0.39 is 12.1 Å². The van der Waals surface area contributed by atoms with E-state index in [2.05, 4.69) is 4.90 Å². The first kappa shape index (κ1) is 19.7. The molecule has 1 fully saturated rings. The van der Waals surface area contributed by atoms with Crippen molar-refractivity contribution in [1.82, 2.24) is 0 Å². The maximum atomic E-state index is 12.4. The molecule has 1 heterocycles. The average Bonchev–Trinajstić information content (AvgIpc) is 2.73. The quantitative estimate of drug-likeness (QED) is 0.570. The number of carboxylic acid groups (broad SMARTS) is 1. The normalized spacial score (nSPS) is 15.4. The van der Waals surface area contributed by atoms with E-state index in [1.54, 1.807) is 24.3 Å². The lowest BCUT2D eigenvalue weighted by molar-refractivity contribution is -0.144. The number of carboxylic acids is 1. The number of carbonyl (C=O) groups excluding carboxylic acids is 1. The molecule has 1 aliphatic heterocycles. The van der Waals surface area contributed by atoms with Crippen LogP contribution < -0.4 is 9.64 Å². The zero-order chi connectivity index (χ0) is 19.9. The molecule has 5 heteroatoms. The smallest absolute Gasteiger partial charge is 0.344 e. The van der Waals surface area contributed by atoms with Crippen LogP contribution in [0.5, 0.6) is 5.75 Å². The van der Waals surface area contributed by atoms with Crippen molar-refractivity contribution in [2.24, 2.45) is 0 Å². The maximum Gasteiger partial charge on any atom is 0.344 e. The summed E-state index contributed by atoms with van der Waals surface area (Å²) in [5.41, 5.74) is 2.58. The molecule has 0 radical (unpaired) electrons. The monoisotopic (exact) mass is 379 g/mol. The van der Waals surface area contributed by atoms with Gasteiger partial charge in [-0.25, -0.2) is 4.79 Å². The Morgan fingerprint density at radius 1 is 1.07 bits per heavy atom. The second-order valence-corrected chi connectivity index (χ2v) is 6.96. The predicted octanol–water partition coefficient (Wildman–Crippen LogP) is 4.42. The van der Waals surface area contributed by atoms with Crippen LogP contribution in [0, 0.1) is 0 Å². The van der Waals surface area contributed by atoms with Gasteiger partial charge in [0.05, 0.1) is 0 Å². The number of piperidine rings is 1. The molecule has 1 N–H and O–H groups in total. The van der Waals surface area contributed by atoms with Crippen molar-refractivity contribution in [3.05, 3.63) is 65.7 Å². The molecule has 0 saturated carbocycles. The number of allylic oxidation sites excluding steroid dienone is 1. The molecule has 1 atom stereocenters. The number of ketones is 1. The van der Waals surface area contributed by atoms with Crippen molar-refractivity contribution in [2.75, 3.05) is 18.0 Å². The Morgan fingerprint density at radius 2 is 1.79 bits per heavy atom. The van der Waals surface area contributed by atoms with Crippen LogP contribution in [-0.4, -0.2) is 36.1 Å². The molecule has 0 aromatic heterocycles. The van der Waals surface area contributed by atoms with Gasteiger partial charge in [0.2, 0.25) is 0 Å². The number of rotatable bonds is 7. The Labute approximate surface area is 165 Å². The first-order valence-electron chi connectivity index (χ1n) is 9.60. The Morgan fingerprint density at radius 3 is 2.46 bits per heavy atom. The lowest BCUT2D eigenvalue weighted by atomic mass is 10.1.